The molecule has 0 heterocycles. The molecule has 3 heteroatoms. The van der Waals surface area contributed by atoms with Crippen molar-refractivity contribution < 1.29 is 9.22 Å². The second-order valence-electron chi connectivity index (χ2n) is 5.43. The standard InChI is InChI=1S/C14H24O2Si/c1-10(2)17(15,11(3)4)16-14-8-7-12(5)9-13(14)6/h7-11,15H,1-6H3. The third-order valence-corrected chi connectivity index (χ3v) is 7.11. The van der Waals surface area contributed by atoms with Crippen LogP contribution in [-0.2, 0) is 0 Å². The molecular weight excluding hydrogens is 228 g/mol. The summed E-state index contributed by atoms with van der Waals surface area (Å²) in [5.41, 5.74) is 2.68. The summed E-state index contributed by atoms with van der Waals surface area (Å²) in [4.78, 5) is 10.7. The third-order valence-electron chi connectivity index (χ3n) is 3.26. The summed E-state index contributed by atoms with van der Waals surface area (Å²) in [6, 6.07) is 6.08. The number of hydrogen-bond donors (Lipinski definition) is 1. The van der Waals surface area contributed by atoms with E-state index in [0.29, 0.717) is 0 Å². The van der Waals surface area contributed by atoms with E-state index in [1.165, 1.54) is 5.56 Å². The van der Waals surface area contributed by atoms with Crippen LogP contribution in [0.2, 0.25) is 11.1 Å². The summed E-state index contributed by atoms with van der Waals surface area (Å²) in [5, 5.41) is 0. The predicted molar refractivity (Wildman–Crippen MR) is 74.7 cm³/mol. The lowest BCUT2D eigenvalue weighted by atomic mass is 10.1. The van der Waals surface area contributed by atoms with E-state index < -0.39 is 8.56 Å². The van der Waals surface area contributed by atoms with Gasteiger partial charge < -0.3 is 9.22 Å². The highest BCUT2D eigenvalue weighted by molar-refractivity contribution is 6.69. The van der Waals surface area contributed by atoms with Gasteiger partial charge in [-0.2, -0.15) is 0 Å². The molecule has 0 spiro atoms. The van der Waals surface area contributed by atoms with Gasteiger partial charge in [-0.1, -0.05) is 45.4 Å². The number of benzene rings is 1. The van der Waals surface area contributed by atoms with Crippen molar-refractivity contribution in [1.29, 1.82) is 0 Å². The number of rotatable bonds is 4. The van der Waals surface area contributed by atoms with Gasteiger partial charge in [-0.25, -0.2) is 0 Å². The fourth-order valence-electron chi connectivity index (χ4n) is 1.99. The van der Waals surface area contributed by atoms with Gasteiger partial charge in [0.05, 0.1) is 0 Å². The molecule has 0 amide bonds. The number of aryl methyl sites for hydroxylation is 2. The predicted octanol–water partition coefficient (Wildman–Crippen LogP) is 3.94. The van der Waals surface area contributed by atoms with E-state index in [0.717, 1.165) is 11.3 Å². The molecule has 0 saturated heterocycles. The average Bonchev–Trinajstić information content (AvgIpc) is 2.21. The van der Waals surface area contributed by atoms with E-state index in [4.69, 9.17) is 4.43 Å². The van der Waals surface area contributed by atoms with Crippen LogP contribution < -0.4 is 4.43 Å². The summed E-state index contributed by atoms with van der Waals surface area (Å²) >= 11 is 0. The minimum absolute atomic E-state index is 0.184. The average molecular weight is 252 g/mol. The minimum Gasteiger partial charge on any atom is -0.520 e. The second-order valence-corrected chi connectivity index (χ2v) is 9.45. The first-order valence-electron chi connectivity index (χ1n) is 6.26. The van der Waals surface area contributed by atoms with E-state index in [1.54, 1.807) is 0 Å². The van der Waals surface area contributed by atoms with Crippen LogP contribution in [0.5, 0.6) is 5.75 Å². The Hall–Kier alpha value is -0.803. The molecule has 0 fully saturated rings. The van der Waals surface area contributed by atoms with Crippen molar-refractivity contribution in [2.24, 2.45) is 0 Å². The molecule has 1 rings (SSSR count). The van der Waals surface area contributed by atoms with Crippen LogP contribution in [0, 0.1) is 13.8 Å². The van der Waals surface area contributed by atoms with Crippen molar-refractivity contribution in [3.63, 3.8) is 0 Å². The lowest BCUT2D eigenvalue weighted by Gasteiger charge is -2.33. The minimum atomic E-state index is -2.69. The summed E-state index contributed by atoms with van der Waals surface area (Å²) in [6.45, 7) is 12.2. The Labute approximate surface area is 106 Å². The Morgan fingerprint density at radius 1 is 1.06 bits per heavy atom. The maximum atomic E-state index is 10.7. The van der Waals surface area contributed by atoms with Crippen LogP contribution in [0.4, 0.5) is 0 Å². The highest BCUT2D eigenvalue weighted by Gasteiger charge is 2.43. The van der Waals surface area contributed by atoms with Crippen molar-refractivity contribution in [1.82, 2.24) is 0 Å². The first kappa shape index (κ1) is 14.3. The quantitative estimate of drug-likeness (QED) is 0.823. The van der Waals surface area contributed by atoms with Gasteiger partial charge >= 0.3 is 8.56 Å². The van der Waals surface area contributed by atoms with E-state index in [2.05, 4.69) is 13.0 Å². The van der Waals surface area contributed by atoms with Gasteiger partial charge in [-0.3, -0.25) is 0 Å². The molecule has 0 unspecified atom stereocenters. The Kier molecular flexibility index (Phi) is 4.39. The van der Waals surface area contributed by atoms with Gasteiger partial charge in [-0.15, -0.1) is 0 Å². The Balaban J connectivity index is 3.02. The smallest absolute Gasteiger partial charge is 0.401 e. The normalized spacial score (nSPS) is 12.3. The van der Waals surface area contributed by atoms with Gasteiger partial charge in [0, 0.05) is 11.1 Å². The van der Waals surface area contributed by atoms with E-state index in [1.807, 2.05) is 46.8 Å². The van der Waals surface area contributed by atoms with Crippen LogP contribution in [0.15, 0.2) is 18.2 Å². The lowest BCUT2D eigenvalue weighted by Crippen LogP contribution is -2.48. The monoisotopic (exact) mass is 252 g/mol. The third kappa shape index (κ3) is 3.10. The summed E-state index contributed by atoms with van der Waals surface area (Å²) in [7, 11) is -2.69. The first-order valence-corrected chi connectivity index (χ1v) is 8.27. The highest BCUT2D eigenvalue weighted by atomic mass is 28.4. The Bertz CT molecular complexity index is 378. The van der Waals surface area contributed by atoms with Crippen LogP contribution in [0.3, 0.4) is 0 Å². The van der Waals surface area contributed by atoms with Crippen molar-refractivity contribution in [2.45, 2.75) is 52.6 Å². The maximum Gasteiger partial charge on any atom is 0.401 e. The molecule has 2 nitrogen and oxygen atoms in total. The van der Waals surface area contributed by atoms with Crippen molar-refractivity contribution in [3.8, 4) is 5.75 Å². The molecule has 0 aliphatic heterocycles. The van der Waals surface area contributed by atoms with E-state index >= 15 is 0 Å². The molecule has 96 valence electrons. The van der Waals surface area contributed by atoms with Gasteiger partial charge in [0.15, 0.2) is 0 Å². The zero-order valence-electron chi connectivity index (χ0n) is 11.7. The molecule has 1 aromatic rings. The molecule has 1 aromatic carbocycles. The first-order chi connectivity index (χ1) is 7.77. The van der Waals surface area contributed by atoms with Crippen LogP contribution >= 0.6 is 0 Å². The molecule has 0 radical (unpaired) electrons. The molecule has 0 saturated carbocycles. The molecule has 17 heavy (non-hydrogen) atoms. The van der Waals surface area contributed by atoms with Gasteiger partial charge in [-0.05, 0) is 25.5 Å². The van der Waals surface area contributed by atoms with Gasteiger partial charge in [0.25, 0.3) is 0 Å². The van der Waals surface area contributed by atoms with Gasteiger partial charge in [0.2, 0.25) is 0 Å². The van der Waals surface area contributed by atoms with Crippen LogP contribution in [-0.4, -0.2) is 13.4 Å². The van der Waals surface area contributed by atoms with Crippen LogP contribution in [0.1, 0.15) is 38.8 Å². The van der Waals surface area contributed by atoms with Crippen molar-refractivity contribution in [3.05, 3.63) is 29.3 Å². The van der Waals surface area contributed by atoms with Crippen molar-refractivity contribution >= 4 is 8.56 Å². The molecule has 0 aromatic heterocycles. The summed E-state index contributed by atoms with van der Waals surface area (Å²) in [5.74, 6) is 0.826. The fraction of sp³-hybridized carbons (Fsp3) is 0.571. The Morgan fingerprint density at radius 3 is 2.00 bits per heavy atom. The number of hydrogen-bond acceptors (Lipinski definition) is 2. The van der Waals surface area contributed by atoms with E-state index in [9.17, 15) is 4.80 Å². The summed E-state index contributed by atoms with van der Waals surface area (Å²) in [6.07, 6.45) is 0. The maximum absolute atomic E-state index is 10.7. The highest BCUT2D eigenvalue weighted by Crippen LogP contribution is 2.33. The molecule has 0 bridgehead atoms. The molecule has 0 aliphatic rings. The molecule has 0 atom stereocenters. The molecule has 1 N–H and O–H groups in total. The van der Waals surface area contributed by atoms with E-state index in [-0.39, 0.29) is 11.1 Å². The zero-order chi connectivity index (χ0) is 13.2. The lowest BCUT2D eigenvalue weighted by molar-refractivity contribution is 0.339. The molecular formula is C14H24O2Si. The largest absolute Gasteiger partial charge is 0.520 e. The van der Waals surface area contributed by atoms with Crippen molar-refractivity contribution in [2.75, 3.05) is 0 Å². The second kappa shape index (κ2) is 5.23. The van der Waals surface area contributed by atoms with Crippen LogP contribution in [0.25, 0.3) is 0 Å². The topological polar surface area (TPSA) is 29.5 Å². The Morgan fingerprint density at radius 2 is 1.59 bits per heavy atom. The SMILES string of the molecule is Cc1ccc(O[Si](O)(C(C)C)C(C)C)c(C)c1. The summed E-state index contributed by atoms with van der Waals surface area (Å²) < 4.78 is 6.01. The zero-order valence-corrected chi connectivity index (χ0v) is 12.7. The van der Waals surface area contributed by atoms with Gasteiger partial charge in [0.1, 0.15) is 5.75 Å². The molecule has 0 aliphatic carbocycles. The fourth-order valence-corrected chi connectivity index (χ4v) is 4.38.